The molecule has 1 saturated heterocycles. The van der Waals surface area contributed by atoms with Gasteiger partial charge in [0.2, 0.25) is 0 Å². The molecule has 1 aliphatic rings. The molecular weight excluding hydrogens is 474 g/mol. The highest BCUT2D eigenvalue weighted by Crippen LogP contribution is 2.25. The average molecular weight is 508 g/mol. The summed E-state index contributed by atoms with van der Waals surface area (Å²) in [4.78, 5) is 29.9. The molecule has 0 radical (unpaired) electrons. The molecule has 36 heavy (non-hydrogen) atoms. The number of ether oxygens (including phenoxy) is 1. The fourth-order valence-electron chi connectivity index (χ4n) is 4.92. The summed E-state index contributed by atoms with van der Waals surface area (Å²) in [6, 6.07) is 4.06. The van der Waals surface area contributed by atoms with Gasteiger partial charge < -0.3 is 19.5 Å². The third-order valence-electron chi connectivity index (χ3n) is 6.95. The number of thiazole rings is 1. The van der Waals surface area contributed by atoms with Crippen LogP contribution in [0.2, 0.25) is 0 Å². The number of anilines is 1. The predicted molar refractivity (Wildman–Crippen MR) is 143 cm³/mol. The van der Waals surface area contributed by atoms with Gasteiger partial charge in [-0.1, -0.05) is 19.8 Å². The van der Waals surface area contributed by atoms with Crippen molar-refractivity contribution < 1.29 is 4.74 Å². The lowest BCUT2D eigenvalue weighted by Gasteiger charge is -2.19. The van der Waals surface area contributed by atoms with E-state index < -0.39 is 0 Å². The van der Waals surface area contributed by atoms with E-state index in [0.29, 0.717) is 23.0 Å². The minimum atomic E-state index is -0.00995. The van der Waals surface area contributed by atoms with Crippen LogP contribution in [-0.2, 0) is 17.7 Å². The zero-order valence-corrected chi connectivity index (χ0v) is 21.9. The Labute approximate surface area is 214 Å². The highest BCUT2D eigenvalue weighted by atomic mass is 32.1. The minimum Gasteiger partial charge on any atom is -0.378 e. The SMILES string of the molecule is CCCCCn1ccnc1Cc1cn(-c2nccs2)c2nc(N3CC(NC)C(OC)C3)ccc2c1=O. The van der Waals surface area contributed by atoms with E-state index in [1.165, 1.54) is 24.2 Å². The Morgan fingerprint density at radius 1 is 1.19 bits per heavy atom. The lowest BCUT2D eigenvalue weighted by Crippen LogP contribution is -2.37. The fourth-order valence-corrected chi connectivity index (χ4v) is 5.54. The van der Waals surface area contributed by atoms with Gasteiger partial charge in [-0.2, -0.15) is 0 Å². The molecule has 4 aromatic rings. The molecule has 5 rings (SSSR count). The smallest absolute Gasteiger partial charge is 0.195 e. The van der Waals surface area contributed by atoms with Gasteiger partial charge in [0.15, 0.2) is 16.2 Å². The molecule has 1 aliphatic heterocycles. The van der Waals surface area contributed by atoms with Gasteiger partial charge in [-0.15, -0.1) is 11.3 Å². The molecule has 9 nitrogen and oxygen atoms in total. The molecule has 10 heteroatoms. The van der Waals surface area contributed by atoms with Crippen molar-refractivity contribution in [2.75, 3.05) is 32.1 Å². The average Bonchev–Trinajstić information content (AvgIpc) is 3.67. The molecule has 2 atom stereocenters. The molecule has 0 amide bonds. The monoisotopic (exact) mass is 507 g/mol. The number of rotatable bonds is 10. The number of aromatic nitrogens is 5. The van der Waals surface area contributed by atoms with E-state index in [4.69, 9.17) is 9.72 Å². The maximum atomic E-state index is 13.6. The Morgan fingerprint density at radius 2 is 2.08 bits per heavy atom. The zero-order chi connectivity index (χ0) is 25.1. The van der Waals surface area contributed by atoms with E-state index in [0.717, 1.165) is 42.8 Å². The third kappa shape index (κ3) is 4.80. The standard InChI is InChI=1S/C26H33N7O2S/c1-4-5-6-11-31-12-9-28-23(31)14-18-15-33(26-29-10-13-36-26)25-19(24(18)34)7-8-22(30-25)32-16-20(27-2)21(17-32)35-3/h7-10,12-13,15,20-21,27H,4-6,11,14,16-17H2,1-3H3. The number of nitrogens with one attached hydrogen (secondary N) is 1. The van der Waals surface area contributed by atoms with Crippen molar-refractivity contribution in [2.45, 2.75) is 51.3 Å². The first-order valence-corrected chi connectivity index (χ1v) is 13.4. The quantitative estimate of drug-likeness (QED) is 0.330. The van der Waals surface area contributed by atoms with Gasteiger partial charge in [-0.25, -0.2) is 15.0 Å². The summed E-state index contributed by atoms with van der Waals surface area (Å²) in [5, 5.41) is 6.63. The molecule has 1 fully saturated rings. The second kappa shape index (κ2) is 10.9. The van der Waals surface area contributed by atoms with Gasteiger partial charge in [-0.05, 0) is 25.6 Å². The van der Waals surface area contributed by atoms with Crippen LogP contribution in [0, 0.1) is 0 Å². The number of nitrogens with zero attached hydrogens (tertiary/aromatic N) is 6. The number of unbranched alkanes of at least 4 members (excludes halogenated alkanes) is 2. The van der Waals surface area contributed by atoms with Gasteiger partial charge >= 0.3 is 0 Å². The largest absolute Gasteiger partial charge is 0.378 e. The topological polar surface area (TPSA) is 90.1 Å². The van der Waals surface area contributed by atoms with Crippen LogP contribution >= 0.6 is 11.3 Å². The van der Waals surface area contributed by atoms with Crippen molar-refractivity contribution in [1.82, 2.24) is 29.4 Å². The van der Waals surface area contributed by atoms with E-state index in [2.05, 4.69) is 31.7 Å². The third-order valence-corrected chi connectivity index (χ3v) is 7.72. The first-order valence-electron chi connectivity index (χ1n) is 12.5. The number of aryl methyl sites for hydroxylation is 1. The van der Waals surface area contributed by atoms with Gasteiger partial charge in [-0.3, -0.25) is 9.36 Å². The Kier molecular flexibility index (Phi) is 7.45. The van der Waals surface area contributed by atoms with Gasteiger partial charge in [0, 0.05) is 68.9 Å². The maximum Gasteiger partial charge on any atom is 0.195 e. The number of fused-ring (bicyclic) bond motifs is 1. The van der Waals surface area contributed by atoms with Crippen molar-refractivity contribution in [3.8, 4) is 5.13 Å². The van der Waals surface area contributed by atoms with Crippen LogP contribution in [-0.4, -0.2) is 63.5 Å². The lowest BCUT2D eigenvalue weighted by atomic mass is 10.1. The summed E-state index contributed by atoms with van der Waals surface area (Å²) in [7, 11) is 3.69. The number of hydrogen-bond acceptors (Lipinski definition) is 8. The van der Waals surface area contributed by atoms with Crippen molar-refractivity contribution in [1.29, 1.82) is 0 Å². The number of methoxy groups -OCH3 is 1. The summed E-state index contributed by atoms with van der Waals surface area (Å²) in [5.41, 5.74) is 1.29. The van der Waals surface area contributed by atoms with E-state index in [1.807, 2.05) is 47.7 Å². The predicted octanol–water partition coefficient (Wildman–Crippen LogP) is 3.24. The second-order valence-electron chi connectivity index (χ2n) is 9.20. The van der Waals surface area contributed by atoms with Crippen molar-refractivity contribution >= 4 is 28.2 Å². The van der Waals surface area contributed by atoms with Gasteiger partial charge in [0.25, 0.3) is 0 Å². The van der Waals surface area contributed by atoms with Crippen molar-refractivity contribution in [3.63, 3.8) is 0 Å². The molecule has 5 heterocycles. The highest BCUT2D eigenvalue weighted by molar-refractivity contribution is 7.12. The fraction of sp³-hybridized carbons (Fsp3) is 0.462. The normalized spacial score (nSPS) is 17.9. The number of likely N-dealkylation sites (N-methyl/N-ethyl adjacent to an activating group) is 1. The molecule has 2 unspecified atom stereocenters. The highest BCUT2D eigenvalue weighted by Gasteiger charge is 2.32. The van der Waals surface area contributed by atoms with E-state index in [9.17, 15) is 4.79 Å². The maximum absolute atomic E-state index is 13.6. The first kappa shape index (κ1) is 24.6. The first-order chi connectivity index (χ1) is 17.6. The summed E-state index contributed by atoms with van der Waals surface area (Å²) < 4.78 is 9.77. The Hall–Kier alpha value is -3.08. The molecule has 0 aromatic carbocycles. The van der Waals surface area contributed by atoms with E-state index in [1.54, 1.807) is 13.3 Å². The minimum absolute atomic E-state index is 0.00995. The van der Waals surface area contributed by atoms with Crippen LogP contribution < -0.4 is 15.6 Å². The van der Waals surface area contributed by atoms with E-state index in [-0.39, 0.29) is 17.6 Å². The van der Waals surface area contributed by atoms with Crippen molar-refractivity contribution in [2.24, 2.45) is 0 Å². The Morgan fingerprint density at radius 3 is 2.81 bits per heavy atom. The molecular formula is C26H33N7O2S. The number of imidazole rings is 1. The van der Waals surface area contributed by atoms with Crippen LogP contribution in [0.15, 0.2) is 47.1 Å². The molecule has 4 aromatic heterocycles. The number of hydrogen-bond donors (Lipinski definition) is 1. The van der Waals surface area contributed by atoms with Gasteiger partial charge in [0.05, 0.1) is 17.5 Å². The molecule has 0 saturated carbocycles. The van der Waals surface area contributed by atoms with Crippen LogP contribution in [0.4, 0.5) is 5.82 Å². The number of pyridine rings is 2. The van der Waals surface area contributed by atoms with Crippen LogP contribution in [0.1, 0.15) is 37.6 Å². The second-order valence-corrected chi connectivity index (χ2v) is 10.1. The zero-order valence-electron chi connectivity index (χ0n) is 21.1. The van der Waals surface area contributed by atoms with Crippen LogP contribution in [0.25, 0.3) is 16.2 Å². The van der Waals surface area contributed by atoms with Crippen molar-refractivity contribution in [3.05, 3.63) is 63.9 Å². The molecule has 0 aliphatic carbocycles. The molecule has 190 valence electrons. The molecule has 0 bridgehead atoms. The molecule has 1 N–H and O–H groups in total. The molecule has 0 spiro atoms. The summed E-state index contributed by atoms with van der Waals surface area (Å²) in [6.07, 6.45) is 11.5. The Balaban J connectivity index is 1.54. The lowest BCUT2D eigenvalue weighted by molar-refractivity contribution is 0.0996. The summed E-state index contributed by atoms with van der Waals surface area (Å²) in [5.74, 6) is 1.73. The Bertz CT molecular complexity index is 1350. The van der Waals surface area contributed by atoms with Crippen LogP contribution in [0.5, 0.6) is 0 Å². The summed E-state index contributed by atoms with van der Waals surface area (Å²) in [6.45, 7) is 4.63. The summed E-state index contributed by atoms with van der Waals surface area (Å²) >= 11 is 1.52. The van der Waals surface area contributed by atoms with Gasteiger partial charge in [0.1, 0.15) is 11.6 Å². The van der Waals surface area contributed by atoms with Crippen LogP contribution in [0.3, 0.4) is 0 Å². The van der Waals surface area contributed by atoms with E-state index >= 15 is 0 Å².